The molecule has 0 amide bonds. The second kappa shape index (κ2) is 5.59. The van der Waals surface area contributed by atoms with Crippen LogP contribution in [0.3, 0.4) is 0 Å². The molecule has 70 valence electrons. The van der Waals surface area contributed by atoms with Crippen LogP contribution in [0, 0.1) is 11.8 Å². The maximum atomic E-state index is 11.2. The van der Waals surface area contributed by atoms with Gasteiger partial charge < -0.3 is 0 Å². The minimum absolute atomic E-state index is 0.363. The number of hydrogen-bond acceptors (Lipinski definition) is 1. The largest absolute Gasteiger partial charge is 0.295 e. The van der Waals surface area contributed by atoms with Gasteiger partial charge in [-0.1, -0.05) is 6.08 Å². The van der Waals surface area contributed by atoms with Crippen molar-refractivity contribution in [2.24, 2.45) is 0 Å². The number of rotatable bonds is 4. The maximum absolute atomic E-state index is 11.2. The third-order valence-corrected chi connectivity index (χ3v) is 2.29. The molecule has 0 saturated carbocycles. The molecule has 0 bridgehead atoms. The predicted molar refractivity (Wildman–Crippen MR) is 54.2 cm³/mol. The van der Waals surface area contributed by atoms with Gasteiger partial charge in [0, 0.05) is 12.8 Å². The Morgan fingerprint density at radius 3 is 2.92 bits per heavy atom. The molecule has 0 aromatic carbocycles. The van der Waals surface area contributed by atoms with Crippen LogP contribution in [0.25, 0.3) is 0 Å². The van der Waals surface area contributed by atoms with E-state index >= 15 is 0 Å². The summed E-state index contributed by atoms with van der Waals surface area (Å²) in [5.74, 6) is 6.27. The molecule has 1 aliphatic rings. The van der Waals surface area contributed by atoms with E-state index < -0.39 is 0 Å². The Morgan fingerprint density at radius 2 is 2.31 bits per heavy atom. The first-order valence-corrected chi connectivity index (χ1v) is 4.96. The van der Waals surface area contributed by atoms with Crippen LogP contribution in [0.1, 0.15) is 45.4 Å². The summed E-state index contributed by atoms with van der Waals surface area (Å²) < 4.78 is 0. The lowest BCUT2D eigenvalue weighted by Crippen LogP contribution is -1.95. The summed E-state index contributed by atoms with van der Waals surface area (Å²) in [6, 6.07) is 0. The molecule has 0 aromatic heterocycles. The van der Waals surface area contributed by atoms with E-state index in [-0.39, 0.29) is 0 Å². The molecule has 0 N–H and O–H groups in total. The highest BCUT2D eigenvalue weighted by Crippen LogP contribution is 2.19. The molecule has 0 saturated heterocycles. The van der Waals surface area contributed by atoms with Crippen molar-refractivity contribution in [3.63, 3.8) is 0 Å². The normalized spacial score (nSPS) is 15.2. The van der Waals surface area contributed by atoms with Gasteiger partial charge in [-0.3, -0.25) is 4.79 Å². The van der Waals surface area contributed by atoms with E-state index in [4.69, 9.17) is 0 Å². The van der Waals surface area contributed by atoms with Gasteiger partial charge >= 0.3 is 0 Å². The first kappa shape index (κ1) is 10.1. The van der Waals surface area contributed by atoms with E-state index in [1.807, 2.05) is 6.92 Å². The molecular weight excluding hydrogens is 160 g/mol. The summed E-state index contributed by atoms with van der Waals surface area (Å²) in [5, 5.41) is 0. The van der Waals surface area contributed by atoms with Gasteiger partial charge in [-0.25, -0.2) is 0 Å². The molecule has 13 heavy (non-hydrogen) atoms. The Kier molecular flexibility index (Phi) is 4.32. The number of Topliss-reactive ketones (excluding diaryl/α,β-unsaturated/α-hetero) is 1. The van der Waals surface area contributed by atoms with Gasteiger partial charge in [-0.15, -0.1) is 11.8 Å². The lowest BCUT2D eigenvalue weighted by Gasteiger charge is -1.98. The SMILES string of the molecule is CC#CCCCCC1=CCCC1=O. The van der Waals surface area contributed by atoms with Crippen LogP contribution in [0.15, 0.2) is 11.6 Å². The van der Waals surface area contributed by atoms with Crippen molar-refractivity contribution < 1.29 is 4.79 Å². The van der Waals surface area contributed by atoms with E-state index in [2.05, 4.69) is 17.9 Å². The Balaban J connectivity index is 2.11. The van der Waals surface area contributed by atoms with Gasteiger partial charge in [0.2, 0.25) is 0 Å². The van der Waals surface area contributed by atoms with Gasteiger partial charge in [-0.05, 0) is 38.2 Å². The zero-order valence-electron chi connectivity index (χ0n) is 8.23. The standard InChI is InChI=1S/C12H16O/c1-2-3-4-5-6-8-11-9-7-10-12(11)13/h9H,4-8,10H2,1H3. The molecular formula is C12H16O. The van der Waals surface area contributed by atoms with Crippen molar-refractivity contribution in [3.05, 3.63) is 11.6 Å². The van der Waals surface area contributed by atoms with Gasteiger partial charge in [-0.2, -0.15) is 0 Å². The third kappa shape index (κ3) is 3.46. The third-order valence-electron chi connectivity index (χ3n) is 2.29. The van der Waals surface area contributed by atoms with E-state index in [0.717, 1.165) is 44.1 Å². The van der Waals surface area contributed by atoms with Gasteiger partial charge in [0.05, 0.1) is 0 Å². The van der Waals surface area contributed by atoms with Crippen LogP contribution in [0.4, 0.5) is 0 Å². The van der Waals surface area contributed by atoms with E-state index in [9.17, 15) is 4.79 Å². The molecule has 1 aliphatic carbocycles. The minimum Gasteiger partial charge on any atom is -0.295 e. The molecule has 1 heteroatoms. The van der Waals surface area contributed by atoms with Crippen molar-refractivity contribution in [3.8, 4) is 11.8 Å². The quantitative estimate of drug-likeness (QED) is 0.475. The summed E-state index contributed by atoms with van der Waals surface area (Å²) >= 11 is 0. The first-order chi connectivity index (χ1) is 6.34. The van der Waals surface area contributed by atoms with E-state index in [0.29, 0.717) is 5.78 Å². The Morgan fingerprint density at radius 1 is 1.46 bits per heavy atom. The summed E-state index contributed by atoms with van der Waals surface area (Å²) in [5.41, 5.74) is 1.06. The van der Waals surface area contributed by atoms with Gasteiger partial charge in [0.1, 0.15) is 0 Å². The highest BCUT2D eigenvalue weighted by Gasteiger charge is 2.13. The number of ketones is 1. The summed E-state index contributed by atoms with van der Waals surface area (Å²) in [7, 11) is 0. The predicted octanol–water partition coefficient (Wildman–Crippen LogP) is 2.86. The highest BCUT2D eigenvalue weighted by molar-refractivity contribution is 5.97. The van der Waals surface area contributed by atoms with Crippen molar-refractivity contribution in [2.75, 3.05) is 0 Å². The fraction of sp³-hybridized carbons (Fsp3) is 0.583. The number of allylic oxidation sites excluding steroid dienone is 2. The molecule has 0 atom stereocenters. The summed E-state index contributed by atoms with van der Waals surface area (Å²) in [6.07, 6.45) is 7.95. The Bertz CT molecular complexity index is 263. The molecule has 0 aromatic rings. The Labute approximate surface area is 80.2 Å². The van der Waals surface area contributed by atoms with Gasteiger partial charge in [0.25, 0.3) is 0 Å². The van der Waals surface area contributed by atoms with E-state index in [1.54, 1.807) is 0 Å². The number of carbonyl (C=O) groups is 1. The average molecular weight is 176 g/mol. The van der Waals surface area contributed by atoms with Crippen LogP contribution in [-0.2, 0) is 4.79 Å². The fourth-order valence-electron chi connectivity index (χ4n) is 1.55. The molecule has 0 aliphatic heterocycles. The van der Waals surface area contributed by atoms with Crippen molar-refractivity contribution in [2.45, 2.75) is 45.4 Å². The van der Waals surface area contributed by atoms with Crippen molar-refractivity contribution in [1.82, 2.24) is 0 Å². The van der Waals surface area contributed by atoms with E-state index in [1.165, 1.54) is 0 Å². The lowest BCUT2D eigenvalue weighted by atomic mass is 10.1. The Hall–Kier alpha value is -1.03. The van der Waals surface area contributed by atoms with Crippen molar-refractivity contribution >= 4 is 5.78 Å². The minimum atomic E-state index is 0.363. The maximum Gasteiger partial charge on any atom is 0.158 e. The second-order valence-electron chi connectivity index (χ2n) is 3.33. The topological polar surface area (TPSA) is 17.1 Å². The fourth-order valence-corrected chi connectivity index (χ4v) is 1.55. The number of carbonyl (C=O) groups excluding carboxylic acids is 1. The first-order valence-electron chi connectivity index (χ1n) is 4.96. The van der Waals surface area contributed by atoms with Crippen LogP contribution in [0.5, 0.6) is 0 Å². The summed E-state index contributed by atoms with van der Waals surface area (Å²) in [6.45, 7) is 1.86. The molecule has 0 spiro atoms. The molecule has 0 radical (unpaired) electrons. The molecule has 1 rings (SSSR count). The highest BCUT2D eigenvalue weighted by atomic mass is 16.1. The molecule has 1 nitrogen and oxygen atoms in total. The molecule has 0 fully saturated rings. The zero-order chi connectivity index (χ0) is 9.52. The lowest BCUT2D eigenvalue weighted by molar-refractivity contribution is -0.115. The van der Waals surface area contributed by atoms with Crippen LogP contribution < -0.4 is 0 Å². The van der Waals surface area contributed by atoms with Gasteiger partial charge in [0.15, 0.2) is 5.78 Å². The molecule has 0 heterocycles. The smallest absolute Gasteiger partial charge is 0.158 e. The molecule has 0 unspecified atom stereocenters. The van der Waals surface area contributed by atoms with Crippen LogP contribution in [0.2, 0.25) is 0 Å². The second-order valence-corrected chi connectivity index (χ2v) is 3.33. The van der Waals surface area contributed by atoms with Crippen LogP contribution >= 0.6 is 0 Å². The zero-order valence-corrected chi connectivity index (χ0v) is 8.23. The monoisotopic (exact) mass is 176 g/mol. The number of unbranched alkanes of at least 4 members (excludes halogenated alkanes) is 2. The number of hydrogen-bond donors (Lipinski definition) is 0. The average Bonchev–Trinajstić information content (AvgIpc) is 2.52. The van der Waals surface area contributed by atoms with Crippen LogP contribution in [-0.4, -0.2) is 5.78 Å². The summed E-state index contributed by atoms with van der Waals surface area (Å²) in [4.78, 5) is 11.2. The van der Waals surface area contributed by atoms with Crippen molar-refractivity contribution in [1.29, 1.82) is 0 Å².